The summed E-state index contributed by atoms with van der Waals surface area (Å²) in [5, 5.41) is 0. The van der Waals surface area contributed by atoms with Gasteiger partial charge < -0.3 is 9.47 Å². The summed E-state index contributed by atoms with van der Waals surface area (Å²) in [5.41, 5.74) is 0.322. The van der Waals surface area contributed by atoms with Crippen LogP contribution in [0.1, 0.15) is 6.92 Å². The third-order valence-corrected chi connectivity index (χ3v) is 1.19. The van der Waals surface area contributed by atoms with Crippen molar-refractivity contribution < 1.29 is 14.3 Å². The van der Waals surface area contributed by atoms with Gasteiger partial charge in [0, 0.05) is 6.61 Å². The van der Waals surface area contributed by atoms with E-state index in [1.807, 2.05) is 0 Å². The molecule has 0 spiro atoms. The Labute approximate surface area is 79.7 Å². The van der Waals surface area contributed by atoms with Gasteiger partial charge in [-0.05, 0) is 26.7 Å². The number of ether oxygens (including phenoxy) is 2. The predicted octanol–water partition coefficient (Wildman–Crippen LogP) is 1.41. The fourth-order valence-electron chi connectivity index (χ4n) is 0.641. The highest BCUT2D eigenvalue weighted by Crippen LogP contribution is 1.98. The van der Waals surface area contributed by atoms with Crippen LogP contribution in [0.25, 0.3) is 0 Å². The minimum absolute atomic E-state index is 0.0324. The molecule has 0 saturated carbocycles. The van der Waals surface area contributed by atoms with Crippen molar-refractivity contribution in [3.05, 3.63) is 26.0 Å². The van der Waals surface area contributed by atoms with Crippen molar-refractivity contribution in [1.29, 1.82) is 0 Å². The molecule has 0 atom stereocenters. The molecular formula is C10H16O3. The molecule has 0 aliphatic rings. The quantitative estimate of drug-likeness (QED) is 0.462. The lowest BCUT2D eigenvalue weighted by atomic mass is 10.2. The second-order valence-corrected chi connectivity index (χ2v) is 2.71. The Morgan fingerprint density at radius 1 is 1.46 bits per heavy atom. The van der Waals surface area contributed by atoms with Gasteiger partial charge in [0.2, 0.25) is 0 Å². The summed E-state index contributed by atoms with van der Waals surface area (Å²) in [4.78, 5) is 11.0. The summed E-state index contributed by atoms with van der Waals surface area (Å²) in [6, 6.07) is 0. The lowest BCUT2D eigenvalue weighted by Gasteiger charge is -2.07. The van der Waals surface area contributed by atoms with Crippen LogP contribution in [0.5, 0.6) is 0 Å². The molecule has 2 radical (unpaired) electrons. The zero-order chi connectivity index (χ0) is 10.3. The first-order chi connectivity index (χ1) is 6.07. The number of carbonyl (C=O) groups is 1. The predicted molar refractivity (Wildman–Crippen MR) is 50.8 cm³/mol. The molecule has 0 saturated heterocycles. The average Bonchev–Trinajstić information content (AvgIpc) is 2.04. The van der Waals surface area contributed by atoms with E-state index in [4.69, 9.17) is 9.47 Å². The van der Waals surface area contributed by atoms with Crippen LogP contribution < -0.4 is 0 Å². The Balaban J connectivity index is 3.56. The average molecular weight is 184 g/mol. The van der Waals surface area contributed by atoms with Gasteiger partial charge in [-0.2, -0.15) is 0 Å². The van der Waals surface area contributed by atoms with Crippen molar-refractivity contribution in [2.24, 2.45) is 5.92 Å². The topological polar surface area (TPSA) is 35.5 Å². The van der Waals surface area contributed by atoms with E-state index < -0.39 is 5.97 Å². The van der Waals surface area contributed by atoms with Gasteiger partial charge in [-0.15, -0.1) is 0 Å². The maximum atomic E-state index is 11.0. The van der Waals surface area contributed by atoms with Gasteiger partial charge in [-0.25, -0.2) is 4.79 Å². The molecule has 3 nitrogen and oxygen atoms in total. The number of rotatable bonds is 6. The second-order valence-electron chi connectivity index (χ2n) is 2.71. The van der Waals surface area contributed by atoms with E-state index in [1.54, 1.807) is 6.92 Å². The molecule has 0 amide bonds. The van der Waals surface area contributed by atoms with Crippen LogP contribution in [-0.2, 0) is 14.3 Å². The molecule has 0 aromatic carbocycles. The van der Waals surface area contributed by atoms with Crippen LogP contribution in [0.3, 0.4) is 0 Å². The molecule has 0 aliphatic heterocycles. The summed E-state index contributed by atoms with van der Waals surface area (Å²) in [6.45, 7) is 13.5. The SMILES string of the molecule is [CH2]C([CH2])COCC(=C)C(=O)OCC. The van der Waals surface area contributed by atoms with Crippen molar-refractivity contribution in [2.75, 3.05) is 19.8 Å². The lowest BCUT2D eigenvalue weighted by Crippen LogP contribution is -2.13. The minimum atomic E-state index is -0.410. The molecule has 74 valence electrons. The van der Waals surface area contributed by atoms with Crippen LogP contribution in [0.4, 0.5) is 0 Å². The number of esters is 1. The maximum absolute atomic E-state index is 11.0. The van der Waals surface area contributed by atoms with Crippen molar-refractivity contribution in [1.82, 2.24) is 0 Å². The first kappa shape index (κ1) is 12.2. The first-order valence-corrected chi connectivity index (χ1v) is 4.16. The van der Waals surface area contributed by atoms with Crippen LogP contribution in [-0.4, -0.2) is 25.8 Å². The fourth-order valence-corrected chi connectivity index (χ4v) is 0.641. The van der Waals surface area contributed by atoms with Crippen molar-refractivity contribution in [3.63, 3.8) is 0 Å². The molecule has 0 aromatic heterocycles. The molecule has 0 heterocycles. The maximum Gasteiger partial charge on any atom is 0.335 e. The zero-order valence-corrected chi connectivity index (χ0v) is 8.04. The smallest absolute Gasteiger partial charge is 0.335 e. The highest BCUT2D eigenvalue weighted by atomic mass is 16.5. The Bertz CT molecular complexity index is 173. The second kappa shape index (κ2) is 6.66. The van der Waals surface area contributed by atoms with E-state index >= 15 is 0 Å². The Morgan fingerprint density at radius 2 is 2.08 bits per heavy atom. The molecule has 13 heavy (non-hydrogen) atoms. The highest BCUT2D eigenvalue weighted by Gasteiger charge is 2.07. The number of carbonyl (C=O) groups excluding carboxylic acids is 1. The minimum Gasteiger partial charge on any atom is -0.463 e. The zero-order valence-electron chi connectivity index (χ0n) is 8.04. The van der Waals surface area contributed by atoms with Gasteiger partial charge in [0.15, 0.2) is 0 Å². The lowest BCUT2D eigenvalue weighted by molar-refractivity contribution is -0.139. The highest BCUT2D eigenvalue weighted by molar-refractivity contribution is 5.87. The van der Waals surface area contributed by atoms with Crippen molar-refractivity contribution in [2.45, 2.75) is 6.92 Å². The van der Waals surface area contributed by atoms with E-state index in [9.17, 15) is 4.79 Å². The van der Waals surface area contributed by atoms with Gasteiger partial charge in [-0.3, -0.25) is 0 Å². The van der Waals surface area contributed by atoms with Gasteiger partial charge in [-0.1, -0.05) is 6.58 Å². The summed E-state index contributed by atoms with van der Waals surface area (Å²) < 4.78 is 9.81. The van der Waals surface area contributed by atoms with Gasteiger partial charge in [0.05, 0.1) is 18.8 Å². The van der Waals surface area contributed by atoms with E-state index in [-0.39, 0.29) is 12.5 Å². The number of hydrogen-bond acceptors (Lipinski definition) is 3. The van der Waals surface area contributed by atoms with Crippen molar-refractivity contribution in [3.8, 4) is 0 Å². The molecule has 3 heteroatoms. The van der Waals surface area contributed by atoms with E-state index in [0.29, 0.717) is 18.8 Å². The first-order valence-electron chi connectivity index (χ1n) is 4.16. The fraction of sp³-hybridized carbons (Fsp3) is 0.500. The van der Waals surface area contributed by atoms with Crippen LogP contribution in [0.2, 0.25) is 0 Å². The Kier molecular flexibility index (Phi) is 6.24. The van der Waals surface area contributed by atoms with Gasteiger partial charge in [0.25, 0.3) is 0 Å². The standard InChI is InChI=1S/C10H16O3/c1-5-13-10(11)9(4)7-12-6-8(2)3/h8H,2-7H2,1H3. The molecule has 0 fully saturated rings. The van der Waals surface area contributed by atoms with Gasteiger partial charge >= 0.3 is 5.97 Å². The number of hydrogen-bond donors (Lipinski definition) is 0. The third kappa shape index (κ3) is 6.34. The van der Waals surface area contributed by atoms with E-state index in [0.717, 1.165) is 0 Å². The molecule has 0 aliphatic carbocycles. The molecule has 0 aromatic rings. The molecule has 0 N–H and O–H groups in total. The normalized spacial score (nSPS) is 10.2. The third-order valence-electron chi connectivity index (χ3n) is 1.19. The molecule has 0 bridgehead atoms. The molecule has 0 unspecified atom stereocenters. The Morgan fingerprint density at radius 3 is 2.54 bits per heavy atom. The Hall–Kier alpha value is -0.830. The van der Waals surface area contributed by atoms with Crippen LogP contribution in [0, 0.1) is 19.8 Å². The molecular weight excluding hydrogens is 168 g/mol. The summed E-state index contributed by atoms with van der Waals surface area (Å²) in [5.74, 6) is -0.442. The summed E-state index contributed by atoms with van der Waals surface area (Å²) >= 11 is 0. The van der Waals surface area contributed by atoms with Crippen molar-refractivity contribution >= 4 is 5.97 Å². The monoisotopic (exact) mass is 184 g/mol. The van der Waals surface area contributed by atoms with Gasteiger partial charge in [0.1, 0.15) is 0 Å². The van der Waals surface area contributed by atoms with Crippen LogP contribution >= 0.6 is 0 Å². The summed E-state index contributed by atoms with van der Waals surface area (Å²) in [7, 11) is 0. The molecule has 0 rings (SSSR count). The van der Waals surface area contributed by atoms with Crippen LogP contribution in [0.15, 0.2) is 12.2 Å². The van der Waals surface area contributed by atoms with E-state index in [2.05, 4.69) is 20.4 Å². The summed E-state index contributed by atoms with van der Waals surface area (Å²) in [6.07, 6.45) is 0. The van der Waals surface area contributed by atoms with E-state index in [1.165, 1.54) is 0 Å². The largest absolute Gasteiger partial charge is 0.463 e.